The van der Waals surface area contributed by atoms with Crippen LogP contribution in [-0.2, 0) is 6.54 Å². The molecule has 1 N–H and O–H groups in total. The quantitative estimate of drug-likeness (QED) is 0.853. The van der Waals surface area contributed by atoms with Crippen molar-refractivity contribution in [2.24, 2.45) is 5.92 Å². The van der Waals surface area contributed by atoms with Crippen LogP contribution < -0.4 is 0 Å². The minimum absolute atomic E-state index is 0.133. The Morgan fingerprint density at radius 1 is 1.16 bits per heavy atom. The standard InChI is InChI=1S/C14H18F3NO/c1-18(7-9-3-2-4-14(9)19)8-10-5-12(16)13(17)6-11(10)15/h5-6,9,14,19H,2-4,7-8H2,1H3. The Morgan fingerprint density at radius 2 is 1.84 bits per heavy atom. The molecule has 0 amide bonds. The van der Waals surface area contributed by atoms with Gasteiger partial charge in [0.15, 0.2) is 11.6 Å². The van der Waals surface area contributed by atoms with Crippen molar-refractivity contribution in [2.45, 2.75) is 31.9 Å². The molecule has 0 heterocycles. The Balaban J connectivity index is 1.98. The number of aliphatic hydroxyl groups is 1. The third-order valence-corrected chi connectivity index (χ3v) is 3.69. The van der Waals surface area contributed by atoms with E-state index in [2.05, 4.69) is 0 Å². The molecule has 106 valence electrons. The molecule has 1 aromatic carbocycles. The molecular formula is C14H18F3NO. The lowest BCUT2D eigenvalue weighted by Gasteiger charge is -2.23. The van der Waals surface area contributed by atoms with Crippen molar-refractivity contribution in [2.75, 3.05) is 13.6 Å². The topological polar surface area (TPSA) is 23.5 Å². The molecule has 0 aliphatic heterocycles. The van der Waals surface area contributed by atoms with Crippen molar-refractivity contribution < 1.29 is 18.3 Å². The van der Waals surface area contributed by atoms with Crippen molar-refractivity contribution in [3.8, 4) is 0 Å². The maximum atomic E-state index is 13.5. The lowest BCUT2D eigenvalue weighted by molar-refractivity contribution is 0.107. The molecule has 1 aliphatic carbocycles. The summed E-state index contributed by atoms with van der Waals surface area (Å²) in [5.41, 5.74) is 0.133. The minimum atomic E-state index is -1.17. The number of hydrogen-bond donors (Lipinski definition) is 1. The molecule has 19 heavy (non-hydrogen) atoms. The molecule has 2 rings (SSSR count). The van der Waals surface area contributed by atoms with E-state index in [0.717, 1.165) is 25.3 Å². The van der Waals surface area contributed by atoms with Gasteiger partial charge in [-0.05, 0) is 31.9 Å². The Labute approximate surface area is 110 Å². The molecule has 1 saturated carbocycles. The van der Waals surface area contributed by atoms with Crippen LogP contribution in [-0.4, -0.2) is 29.7 Å². The van der Waals surface area contributed by atoms with Gasteiger partial charge in [-0.15, -0.1) is 0 Å². The molecule has 1 aliphatic rings. The van der Waals surface area contributed by atoms with Gasteiger partial charge < -0.3 is 10.0 Å². The molecule has 0 radical (unpaired) electrons. The highest BCUT2D eigenvalue weighted by Crippen LogP contribution is 2.26. The van der Waals surface area contributed by atoms with E-state index in [9.17, 15) is 18.3 Å². The number of rotatable bonds is 4. The summed E-state index contributed by atoms with van der Waals surface area (Å²) >= 11 is 0. The highest BCUT2D eigenvalue weighted by atomic mass is 19.2. The van der Waals surface area contributed by atoms with Crippen LogP contribution in [0.4, 0.5) is 13.2 Å². The Hall–Kier alpha value is -1.07. The van der Waals surface area contributed by atoms with E-state index in [4.69, 9.17) is 0 Å². The highest BCUT2D eigenvalue weighted by Gasteiger charge is 2.26. The number of hydrogen-bond acceptors (Lipinski definition) is 2. The van der Waals surface area contributed by atoms with Crippen LogP contribution in [0.1, 0.15) is 24.8 Å². The maximum absolute atomic E-state index is 13.5. The van der Waals surface area contributed by atoms with Gasteiger partial charge in [-0.25, -0.2) is 13.2 Å². The summed E-state index contributed by atoms with van der Waals surface area (Å²) in [7, 11) is 1.78. The molecular weight excluding hydrogens is 255 g/mol. The number of aliphatic hydroxyl groups excluding tert-OH is 1. The first kappa shape index (κ1) is 14.3. The van der Waals surface area contributed by atoms with Gasteiger partial charge in [0.2, 0.25) is 0 Å². The van der Waals surface area contributed by atoms with Gasteiger partial charge >= 0.3 is 0 Å². The van der Waals surface area contributed by atoms with Crippen LogP contribution >= 0.6 is 0 Å². The zero-order chi connectivity index (χ0) is 14.0. The molecule has 2 atom stereocenters. The van der Waals surface area contributed by atoms with Gasteiger partial charge in [0.1, 0.15) is 5.82 Å². The number of halogens is 3. The van der Waals surface area contributed by atoms with Crippen molar-refractivity contribution in [1.82, 2.24) is 4.90 Å². The monoisotopic (exact) mass is 273 g/mol. The molecule has 0 spiro atoms. The van der Waals surface area contributed by atoms with Crippen molar-refractivity contribution >= 4 is 0 Å². The third-order valence-electron chi connectivity index (χ3n) is 3.69. The third kappa shape index (κ3) is 3.48. The summed E-state index contributed by atoms with van der Waals surface area (Å²) in [6, 6.07) is 1.47. The first-order valence-corrected chi connectivity index (χ1v) is 6.47. The van der Waals surface area contributed by atoms with Gasteiger partial charge in [0, 0.05) is 24.7 Å². The fourth-order valence-corrected chi connectivity index (χ4v) is 2.67. The van der Waals surface area contributed by atoms with E-state index in [1.165, 1.54) is 0 Å². The molecule has 2 nitrogen and oxygen atoms in total. The fraction of sp³-hybridized carbons (Fsp3) is 0.571. The molecule has 2 unspecified atom stereocenters. The zero-order valence-electron chi connectivity index (χ0n) is 10.9. The first-order chi connectivity index (χ1) is 8.97. The van der Waals surface area contributed by atoms with Crippen LogP contribution in [0.3, 0.4) is 0 Å². The van der Waals surface area contributed by atoms with Gasteiger partial charge in [0.25, 0.3) is 0 Å². The summed E-state index contributed by atoms with van der Waals surface area (Å²) in [6.07, 6.45) is 2.44. The van der Waals surface area contributed by atoms with E-state index in [0.29, 0.717) is 12.6 Å². The molecule has 0 aromatic heterocycles. The summed E-state index contributed by atoms with van der Waals surface area (Å²) in [6.45, 7) is 0.825. The molecule has 0 bridgehead atoms. The Kier molecular flexibility index (Phi) is 4.47. The van der Waals surface area contributed by atoms with Crippen molar-refractivity contribution in [1.29, 1.82) is 0 Å². The lowest BCUT2D eigenvalue weighted by Crippen LogP contribution is -2.29. The number of benzene rings is 1. The highest BCUT2D eigenvalue weighted by molar-refractivity contribution is 5.20. The van der Waals surface area contributed by atoms with E-state index < -0.39 is 17.5 Å². The normalized spacial score (nSPS) is 23.3. The summed E-state index contributed by atoms with van der Waals surface area (Å²) in [4.78, 5) is 1.83. The summed E-state index contributed by atoms with van der Waals surface area (Å²) in [5.74, 6) is -2.77. The predicted molar refractivity (Wildman–Crippen MR) is 66.0 cm³/mol. The minimum Gasteiger partial charge on any atom is -0.393 e. The van der Waals surface area contributed by atoms with Crippen LogP contribution in [0.2, 0.25) is 0 Å². The van der Waals surface area contributed by atoms with E-state index >= 15 is 0 Å². The second-order valence-corrected chi connectivity index (χ2v) is 5.31. The molecule has 1 fully saturated rings. The average molecular weight is 273 g/mol. The molecule has 1 aromatic rings. The van der Waals surface area contributed by atoms with Crippen molar-refractivity contribution in [3.05, 3.63) is 35.1 Å². The second kappa shape index (κ2) is 5.92. The van der Waals surface area contributed by atoms with E-state index in [1.54, 1.807) is 7.05 Å². The number of nitrogens with zero attached hydrogens (tertiary/aromatic N) is 1. The van der Waals surface area contributed by atoms with Crippen LogP contribution in [0.25, 0.3) is 0 Å². The predicted octanol–water partition coefficient (Wildman–Crippen LogP) is 2.70. The fourth-order valence-electron chi connectivity index (χ4n) is 2.67. The smallest absolute Gasteiger partial charge is 0.161 e. The van der Waals surface area contributed by atoms with E-state index in [-0.39, 0.29) is 24.1 Å². The zero-order valence-corrected chi connectivity index (χ0v) is 10.9. The van der Waals surface area contributed by atoms with Crippen LogP contribution in [0.15, 0.2) is 12.1 Å². The second-order valence-electron chi connectivity index (χ2n) is 5.31. The molecule has 5 heteroatoms. The van der Waals surface area contributed by atoms with Crippen LogP contribution in [0.5, 0.6) is 0 Å². The van der Waals surface area contributed by atoms with Crippen molar-refractivity contribution in [3.63, 3.8) is 0 Å². The Morgan fingerprint density at radius 3 is 2.47 bits per heavy atom. The Bertz CT molecular complexity index is 453. The lowest BCUT2D eigenvalue weighted by atomic mass is 10.1. The van der Waals surface area contributed by atoms with Gasteiger partial charge in [-0.3, -0.25) is 0 Å². The largest absolute Gasteiger partial charge is 0.393 e. The molecule has 0 saturated heterocycles. The first-order valence-electron chi connectivity index (χ1n) is 6.47. The average Bonchev–Trinajstić information content (AvgIpc) is 2.72. The van der Waals surface area contributed by atoms with Gasteiger partial charge in [0.05, 0.1) is 6.10 Å². The summed E-state index contributed by atoms with van der Waals surface area (Å²) < 4.78 is 39.4. The van der Waals surface area contributed by atoms with Gasteiger partial charge in [-0.1, -0.05) is 6.42 Å². The maximum Gasteiger partial charge on any atom is 0.161 e. The SMILES string of the molecule is CN(Cc1cc(F)c(F)cc1F)CC1CCCC1O. The summed E-state index contributed by atoms with van der Waals surface area (Å²) in [5, 5.41) is 9.73. The van der Waals surface area contributed by atoms with Gasteiger partial charge in [-0.2, -0.15) is 0 Å². The van der Waals surface area contributed by atoms with Crippen LogP contribution in [0, 0.1) is 23.4 Å². The van der Waals surface area contributed by atoms with E-state index in [1.807, 2.05) is 4.90 Å².